The summed E-state index contributed by atoms with van der Waals surface area (Å²) in [6.45, 7) is 1.71. The Bertz CT molecular complexity index is 1510. The molecule has 3 aromatic carbocycles. The van der Waals surface area contributed by atoms with Gasteiger partial charge in [0.1, 0.15) is 11.6 Å². The Balaban J connectivity index is 1.16. The second-order valence-electron chi connectivity index (χ2n) is 11.0. The molecule has 4 aromatic rings. The minimum atomic E-state index is -0.495. The number of carbonyl (C=O) groups is 2. The number of aromatic nitrogens is 3. The zero-order valence-corrected chi connectivity index (χ0v) is 24.0. The van der Waals surface area contributed by atoms with Crippen molar-refractivity contribution in [3.8, 4) is 0 Å². The van der Waals surface area contributed by atoms with Crippen LogP contribution < -0.4 is 10.6 Å². The van der Waals surface area contributed by atoms with Crippen LogP contribution in [0.25, 0.3) is 11.0 Å². The highest BCUT2D eigenvalue weighted by molar-refractivity contribution is 9.10. The summed E-state index contributed by atoms with van der Waals surface area (Å²) in [4.78, 5) is 29.3. The van der Waals surface area contributed by atoms with Crippen LogP contribution in [-0.4, -0.2) is 56.9 Å². The van der Waals surface area contributed by atoms with Gasteiger partial charge >= 0.3 is 0 Å². The van der Waals surface area contributed by atoms with Gasteiger partial charge in [-0.2, -0.15) is 0 Å². The number of carbonyl (C=O) groups excluding carboxylic acids is 2. The molecule has 4 atom stereocenters. The molecule has 2 amide bonds. The zero-order chi connectivity index (χ0) is 27.6. The van der Waals surface area contributed by atoms with E-state index in [-0.39, 0.29) is 23.8 Å². The average molecular weight is 602 g/mol. The second kappa shape index (κ2) is 11.5. The summed E-state index contributed by atoms with van der Waals surface area (Å²) in [7, 11) is 1.86. The van der Waals surface area contributed by atoms with Gasteiger partial charge in [0.2, 0.25) is 11.8 Å². The fourth-order valence-electron chi connectivity index (χ4n) is 6.12. The van der Waals surface area contributed by atoms with Gasteiger partial charge in [-0.05, 0) is 72.1 Å². The van der Waals surface area contributed by atoms with E-state index in [1.807, 2.05) is 60.5 Å². The molecular formula is C31H33BrN6O2. The first-order valence-corrected chi connectivity index (χ1v) is 14.6. The van der Waals surface area contributed by atoms with Crippen molar-refractivity contribution in [1.82, 2.24) is 30.5 Å². The van der Waals surface area contributed by atoms with Crippen LogP contribution >= 0.6 is 15.9 Å². The lowest BCUT2D eigenvalue weighted by Crippen LogP contribution is -2.51. The highest BCUT2D eigenvalue weighted by atomic mass is 79.9. The molecule has 2 saturated heterocycles. The molecule has 6 rings (SSSR count). The molecule has 0 bridgehead atoms. The molecule has 0 saturated carbocycles. The summed E-state index contributed by atoms with van der Waals surface area (Å²) >= 11 is 3.50. The van der Waals surface area contributed by atoms with Crippen LogP contribution in [0.3, 0.4) is 0 Å². The number of halogens is 1. The quantitative estimate of drug-likeness (QED) is 0.335. The van der Waals surface area contributed by atoms with Crippen LogP contribution in [0.4, 0.5) is 0 Å². The van der Waals surface area contributed by atoms with Crippen molar-refractivity contribution in [1.29, 1.82) is 0 Å². The summed E-state index contributed by atoms with van der Waals surface area (Å²) < 4.78 is 2.77. The highest BCUT2D eigenvalue weighted by Crippen LogP contribution is 2.31. The van der Waals surface area contributed by atoms with Gasteiger partial charge in [0.25, 0.3) is 0 Å². The van der Waals surface area contributed by atoms with E-state index >= 15 is 0 Å². The Morgan fingerprint density at radius 1 is 1.02 bits per heavy atom. The molecule has 1 aromatic heterocycles. The van der Waals surface area contributed by atoms with Gasteiger partial charge < -0.3 is 15.5 Å². The lowest BCUT2D eigenvalue weighted by Gasteiger charge is -2.27. The monoisotopic (exact) mass is 600 g/mol. The van der Waals surface area contributed by atoms with E-state index in [0.717, 1.165) is 40.5 Å². The molecule has 0 unspecified atom stereocenters. The average Bonchev–Trinajstić information content (AvgIpc) is 3.72. The number of rotatable bonds is 7. The van der Waals surface area contributed by atoms with Crippen LogP contribution in [0.1, 0.15) is 35.4 Å². The number of hydrogen-bond acceptors (Lipinski definition) is 5. The van der Waals surface area contributed by atoms with Gasteiger partial charge in [0.05, 0.1) is 11.6 Å². The van der Waals surface area contributed by atoms with Crippen molar-refractivity contribution in [2.24, 2.45) is 13.0 Å². The van der Waals surface area contributed by atoms with Crippen LogP contribution in [0.5, 0.6) is 0 Å². The number of amides is 2. The topological polar surface area (TPSA) is 92.2 Å². The predicted molar refractivity (Wildman–Crippen MR) is 157 cm³/mol. The Labute approximate surface area is 242 Å². The normalized spacial score (nSPS) is 22.6. The fraction of sp³-hybridized carbons (Fsp3) is 0.355. The van der Waals surface area contributed by atoms with E-state index in [4.69, 9.17) is 0 Å². The Morgan fingerprint density at radius 3 is 2.60 bits per heavy atom. The molecule has 0 aliphatic carbocycles. The first-order valence-electron chi connectivity index (χ1n) is 13.8. The standard InChI is InChI=1S/C31H33BrN6O2/c1-37-28-12-9-21(14-26(28)35-36-37)17-34-30(39)29-15-22(13-20-7-10-25(32)11-8-20)19-38(29)31(40)27-16-24(18-33-27)23-5-3-2-4-6-23/h2-12,14,22,24,27,29,33H,13,15-19H2,1H3,(H,34,39)/t22-,24-,27-,29+/m1/s1. The molecule has 2 fully saturated rings. The fourth-order valence-corrected chi connectivity index (χ4v) is 6.39. The van der Waals surface area contributed by atoms with E-state index < -0.39 is 6.04 Å². The number of aryl methyl sites for hydroxylation is 1. The molecule has 3 heterocycles. The van der Waals surface area contributed by atoms with Crippen molar-refractivity contribution >= 4 is 38.8 Å². The number of likely N-dealkylation sites (tertiary alicyclic amines) is 1. The third-order valence-corrected chi connectivity index (χ3v) is 8.78. The number of fused-ring (bicyclic) bond motifs is 1. The van der Waals surface area contributed by atoms with E-state index in [0.29, 0.717) is 25.4 Å². The third-order valence-electron chi connectivity index (χ3n) is 8.25. The Hall–Kier alpha value is -3.56. The molecule has 206 valence electrons. The number of nitrogens with zero attached hydrogens (tertiary/aromatic N) is 4. The van der Waals surface area contributed by atoms with E-state index in [1.165, 1.54) is 11.1 Å². The SMILES string of the molecule is Cn1nnc2cc(CNC(=O)[C@@H]3C[C@@H](Cc4ccc(Br)cc4)CN3C(=O)[C@H]3C[C@@H](c4ccccc4)CN3)ccc21. The molecule has 40 heavy (non-hydrogen) atoms. The van der Waals surface area contributed by atoms with Crippen LogP contribution in [-0.2, 0) is 29.6 Å². The molecule has 0 radical (unpaired) electrons. The van der Waals surface area contributed by atoms with Crippen LogP contribution in [0.15, 0.2) is 77.3 Å². The molecular weight excluding hydrogens is 568 g/mol. The Kier molecular flexibility index (Phi) is 7.67. The first kappa shape index (κ1) is 26.7. The zero-order valence-electron chi connectivity index (χ0n) is 22.5. The van der Waals surface area contributed by atoms with E-state index in [1.54, 1.807) is 4.68 Å². The van der Waals surface area contributed by atoms with Gasteiger partial charge in [0, 0.05) is 31.2 Å². The summed E-state index contributed by atoms with van der Waals surface area (Å²) in [6, 6.07) is 23.7. The van der Waals surface area contributed by atoms with Crippen molar-refractivity contribution in [2.75, 3.05) is 13.1 Å². The van der Waals surface area contributed by atoms with Crippen LogP contribution in [0.2, 0.25) is 0 Å². The molecule has 9 heteroatoms. The molecule has 2 aliphatic rings. The lowest BCUT2D eigenvalue weighted by molar-refractivity contribution is -0.139. The van der Waals surface area contributed by atoms with E-state index in [2.05, 4.69) is 61.1 Å². The summed E-state index contributed by atoms with van der Waals surface area (Å²) in [5.41, 5.74) is 5.14. The third kappa shape index (κ3) is 5.67. The van der Waals surface area contributed by atoms with Crippen molar-refractivity contribution < 1.29 is 9.59 Å². The number of benzene rings is 3. The highest BCUT2D eigenvalue weighted by Gasteiger charge is 2.43. The van der Waals surface area contributed by atoms with Gasteiger partial charge in [-0.3, -0.25) is 9.59 Å². The summed E-state index contributed by atoms with van der Waals surface area (Å²) in [5.74, 6) is 0.420. The summed E-state index contributed by atoms with van der Waals surface area (Å²) in [6.07, 6.45) is 2.21. The molecule has 2 N–H and O–H groups in total. The first-order chi connectivity index (χ1) is 19.4. The maximum atomic E-state index is 13.9. The smallest absolute Gasteiger partial charge is 0.243 e. The molecule has 8 nitrogen and oxygen atoms in total. The minimum Gasteiger partial charge on any atom is -0.350 e. The van der Waals surface area contributed by atoms with E-state index in [9.17, 15) is 9.59 Å². The molecule has 2 aliphatic heterocycles. The lowest BCUT2D eigenvalue weighted by atomic mass is 9.96. The number of nitrogens with one attached hydrogen (secondary N) is 2. The summed E-state index contributed by atoms with van der Waals surface area (Å²) in [5, 5.41) is 14.8. The largest absolute Gasteiger partial charge is 0.350 e. The van der Waals surface area contributed by atoms with Gasteiger partial charge in [-0.15, -0.1) is 5.10 Å². The van der Waals surface area contributed by atoms with Gasteiger partial charge in [-0.25, -0.2) is 4.68 Å². The minimum absolute atomic E-state index is 0.0258. The maximum Gasteiger partial charge on any atom is 0.243 e. The Morgan fingerprint density at radius 2 is 1.80 bits per heavy atom. The van der Waals surface area contributed by atoms with Crippen molar-refractivity contribution in [3.05, 3.63) is 94.0 Å². The maximum absolute atomic E-state index is 13.9. The molecule has 0 spiro atoms. The predicted octanol–water partition coefficient (Wildman–Crippen LogP) is 3.95. The second-order valence-corrected chi connectivity index (χ2v) is 11.9. The van der Waals surface area contributed by atoms with Crippen LogP contribution in [0, 0.1) is 5.92 Å². The number of hydrogen-bond donors (Lipinski definition) is 2. The van der Waals surface area contributed by atoms with Crippen molar-refractivity contribution in [2.45, 2.75) is 43.8 Å². The van der Waals surface area contributed by atoms with Gasteiger partial charge in [-0.1, -0.05) is 69.7 Å². The van der Waals surface area contributed by atoms with Crippen molar-refractivity contribution in [3.63, 3.8) is 0 Å². The van der Waals surface area contributed by atoms with Gasteiger partial charge in [0.15, 0.2) is 0 Å².